The molecule has 0 saturated carbocycles. The molecule has 0 aliphatic carbocycles. The van der Waals surface area contributed by atoms with Gasteiger partial charge in [-0.25, -0.2) is 0 Å². The van der Waals surface area contributed by atoms with E-state index in [-0.39, 0.29) is 19.5 Å². The molecule has 0 radical (unpaired) electrons. The largest absolute Gasteiger partial charge is 0.495 e. The SMILES string of the molecule is COc1ccc(C)cc1N(CCC(=O)O)CC(C)C(=O)O. The number of carboxylic acids is 2. The number of hydrogen-bond acceptors (Lipinski definition) is 4. The lowest BCUT2D eigenvalue weighted by Gasteiger charge is -2.28. The molecule has 1 rings (SSSR count). The van der Waals surface area contributed by atoms with Crippen LogP contribution in [0.3, 0.4) is 0 Å². The lowest BCUT2D eigenvalue weighted by atomic mass is 10.1. The molecule has 0 heterocycles. The standard InChI is InChI=1S/C15H21NO5/c1-10-4-5-13(21-3)12(8-10)16(7-6-14(17)18)9-11(2)15(19)20/h4-5,8,11H,6-7,9H2,1-3H3,(H,17,18)(H,19,20). The summed E-state index contributed by atoms with van der Waals surface area (Å²) in [5.74, 6) is -1.84. The molecule has 1 aromatic carbocycles. The van der Waals surface area contributed by atoms with Gasteiger partial charge in [0.2, 0.25) is 0 Å². The summed E-state index contributed by atoms with van der Waals surface area (Å²) in [6, 6.07) is 5.55. The van der Waals surface area contributed by atoms with Gasteiger partial charge in [0, 0.05) is 13.1 Å². The summed E-state index contributed by atoms with van der Waals surface area (Å²) in [5, 5.41) is 17.9. The van der Waals surface area contributed by atoms with Crippen molar-refractivity contribution in [2.75, 3.05) is 25.1 Å². The molecular weight excluding hydrogens is 274 g/mol. The predicted octanol–water partition coefficient (Wildman–Crippen LogP) is 2.01. The number of carbonyl (C=O) groups is 2. The third kappa shape index (κ3) is 4.98. The van der Waals surface area contributed by atoms with Crippen LogP contribution in [-0.4, -0.2) is 42.4 Å². The second-order valence-corrected chi connectivity index (χ2v) is 5.00. The van der Waals surface area contributed by atoms with Gasteiger partial charge in [0.25, 0.3) is 0 Å². The minimum absolute atomic E-state index is 0.0660. The van der Waals surface area contributed by atoms with Crippen LogP contribution in [0.15, 0.2) is 18.2 Å². The van der Waals surface area contributed by atoms with Crippen molar-refractivity contribution < 1.29 is 24.5 Å². The van der Waals surface area contributed by atoms with Crippen molar-refractivity contribution in [1.82, 2.24) is 0 Å². The molecule has 0 fully saturated rings. The summed E-state index contributed by atoms with van der Waals surface area (Å²) in [6.45, 7) is 3.96. The Morgan fingerprint density at radius 3 is 2.52 bits per heavy atom. The average molecular weight is 295 g/mol. The number of benzene rings is 1. The molecule has 1 atom stereocenters. The average Bonchev–Trinajstić information content (AvgIpc) is 2.42. The second kappa shape index (κ2) is 7.52. The lowest BCUT2D eigenvalue weighted by molar-refractivity contribution is -0.140. The van der Waals surface area contributed by atoms with Crippen LogP contribution in [0.1, 0.15) is 18.9 Å². The molecule has 6 nitrogen and oxygen atoms in total. The number of rotatable bonds is 8. The zero-order valence-electron chi connectivity index (χ0n) is 12.5. The van der Waals surface area contributed by atoms with Crippen molar-refractivity contribution in [2.24, 2.45) is 5.92 Å². The van der Waals surface area contributed by atoms with E-state index in [0.29, 0.717) is 11.4 Å². The van der Waals surface area contributed by atoms with Gasteiger partial charge < -0.3 is 19.8 Å². The minimum atomic E-state index is -0.922. The van der Waals surface area contributed by atoms with E-state index in [4.69, 9.17) is 14.9 Å². The van der Waals surface area contributed by atoms with Crippen molar-refractivity contribution in [3.8, 4) is 5.75 Å². The van der Waals surface area contributed by atoms with Gasteiger partial charge in [0.1, 0.15) is 5.75 Å². The zero-order valence-corrected chi connectivity index (χ0v) is 12.5. The number of methoxy groups -OCH3 is 1. The van der Waals surface area contributed by atoms with Crippen molar-refractivity contribution in [2.45, 2.75) is 20.3 Å². The van der Waals surface area contributed by atoms with Gasteiger partial charge in [-0.1, -0.05) is 13.0 Å². The zero-order chi connectivity index (χ0) is 16.0. The Morgan fingerprint density at radius 2 is 2.00 bits per heavy atom. The first kappa shape index (κ1) is 16.8. The number of carboxylic acid groups (broad SMARTS) is 2. The van der Waals surface area contributed by atoms with Gasteiger partial charge in [-0.2, -0.15) is 0 Å². The number of hydrogen-bond donors (Lipinski definition) is 2. The third-order valence-electron chi connectivity index (χ3n) is 3.19. The first-order chi connectivity index (χ1) is 9.85. The summed E-state index contributed by atoms with van der Waals surface area (Å²) in [6.07, 6.45) is -0.0660. The third-order valence-corrected chi connectivity index (χ3v) is 3.19. The highest BCUT2D eigenvalue weighted by Crippen LogP contribution is 2.30. The molecule has 0 aliphatic rings. The van der Waals surface area contributed by atoms with Crippen LogP contribution in [0.2, 0.25) is 0 Å². The predicted molar refractivity (Wildman–Crippen MR) is 79.0 cm³/mol. The Balaban J connectivity index is 3.06. The minimum Gasteiger partial charge on any atom is -0.495 e. The summed E-state index contributed by atoms with van der Waals surface area (Å²) >= 11 is 0. The Hall–Kier alpha value is -2.24. The van der Waals surface area contributed by atoms with Crippen LogP contribution in [0.4, 0.5) is 5.69 Å². The van der Waals surface area contributed by atoms with Crippen LogP contribution < -0.4 is 9.64 Å². The molecule has 2 N–H and O–H groups in total. The Morgan fingerprint density at radius 1 is 1.33 bits per heavy atom. The molecule has 0 saturated heterocycles. The Kier molecular flexibility index (Phi) is 6.02. The quantitative estimate of drug-likeness (QED) is 0.763. The van der Waals surface area contributed by atoms with Crippen molar-refractivity contribution in [3.63, 3.8) is 0 Å². The van der Waals surface area contributed by atoms with Crippen LogP contribution in [0, 0.1) is 12.8 Å². The van der Waals surface area contributed by atoms with Crippen LogP contribution in [-0.2, 0) is 9.59 Å². The first-order valence-electron chi connectivity index (χ1n) is 6.69. The van der Waals surface area contributed by atoms with E-state index in [2.05, 4.69) is 0 Å². The fourth-order valence-corrected chi connectivity index (χ4v) is 2.00. The maximum Gasteiger partial charge on any atom is 0.308 e. The van der Waals surface area contributed by atoms with Crippen LogP contribution >= 0.6 is 0 Å². The van der Waals surface area contributed by atoms with Gasteiger partial charge in [-0.05, 0) is 24.6 Å². The highest BCUT2D eigenvalue weighted by atomic mass is 16.5. The van der Waals surface area contributed by atoms with Crippen molar-refractivity contribution >= 4 is 17.6 Å². The number of aryl methyl sites for hydroxylation is 1. The number of aliphatic carboxylic acids is 2. The Bertz CT molecular complexity index is 515. The molecule has 0 bridgehead atoms. The lowest BCUT2D eigenvalue weighted by Crippen LogP contribution is -2.34. The van der Waals surface area contributed by atoms with Crippen molar-refractivity contribution in [1.29, 1.82) is 0 Å². The summed E-state index contributed by atoms with van der Waals surface area (Å²) in [7, 11) is 1.53. The van der Waals surface area contributed by atoms with E-state index in [1.54, 1.807) is 17.9 Å². The molecule has 116 valence electrons. The number of ether oxygens (including phenoxy) is 1. The smallest absolute Gasteiger partial charge is 0.308 e. The normalized spacial score (nSPS) is 11.8. The fourth-order valence-electron chi connectivity index (χ4n) is 2.00. The topological polar surface area (TPSA) is 87.1 Å². The van der Waals surface area contributed by atoms with Gasteiger partial charge in [-0.3, -0.25) is 9.59 Å². The molecule has 21 heavy (non-hydrogen) atoms. The van der Waals surface area contributed by atoms with E-state index in [1.807, 2.05) is 19.1 Å². The molecular formula is C15H21NO5. The summed E-state index contributed by atoms with van der Waals surface area (Å²) in [5.41, 5.74) is 1.71. The van der Waals surface area contributed by atoms with Gasteiger partial charge in [-0.15, -0.1) is 0 Å². The highest BCUT2D eigenvalue weighted by molar-refractivity contribution is 5.72. The second-order valence-electron chi connectivity index (χ2n) is 5.00. The molecule has 1 aromatic rings. The monoisotopic (exact) mass is 295 g/mol. The van der Waals surface area contributed by atoms with E-state index in [1.165, 1.54) is 7.11 Å². The fraction of sp³-hybridized carbons (Fsp3) is 0.467. The number of anilines is 1. The van der Waals surface area contributed by atoms with Crippen molar-refractivity contribution in [3.05, 3.63) is 23.8 Å². The maximum atomic E-state index is 11.1. The molecule has 1 unspecified atom stereocenters. The molecule has 0 amide bonds. The highest BCUT2D eigenvalue weighted by Gasteiger charge is 2.20. The van der Waals surface area contributed by atoms with Gasteiger partial charge >= 0.3 is 11.9 Å². The van der Waals surface area contributed by atoms with Crippen LogP contribution in [0.25, 0.3) is 0 Å². The number of nitrogens with zero attached hydrogens (tertiary/aromatic N) is 1. The van der Waals surface area contributed by atoms with E-state index >= 15 is 0 Å². The molecule has 0 aromatic heterocycles. The summed E-state index contributed by atoms with van der Waals surface area (Å²) < 4.78 is 5.29. The first-order valence-corrected chi connectivity index (χ1v) is 6.69. The van der Waals surface area contributed by atoms with Crippen LogP contribution in [0.5, 0.6) is 5.75 Å². The van der Waals surface area contributed by atoms with E-state index in [9.17, 15) is 9.59 Å². The van der Waals surface area contributed by atoms with Gasteiger partial charge in [0.15, 0.2) is 0 Å². The molecule has 0 aliphatic heterocycles. The van der Waals surface area contributed by atoms with Gasteiger partial charge in [0.05, 0.1) is 25.1 Å². The molecule has 6 heteroatoms. The Labute approximate surface area is 124 Å². The molecule has 0 spiro atoms. The summed E-state index contributed by atoms with van der Waals surface area (Å²) in [4.78, 5) is 23.6. The maximum absolute atomic E-state index is 11.1. The van der Waals surface area contributed by atoms with E-state index in [0.717, 1.165) is 5.56 Å². The van der Waals surface area contributed by atoms with E-state index < -0.39 is 17.9 Å².